The van der Waals surface area contributed by atoms with Crippen molar-refractivity contribution in [3.63, 3.8) is 0 Å². The van der Waals surface area contributed by atoms with Crippen LogP contribution in [0.25, 0.3) is 0 Å². The van der Waals surface area contributed by atoms with Crippen LogP contribution in [0, 0.1) is 11.8 Å². The minimum atomic E-state index is -0.871. The molecule has 0 amide bonds. The molecule has 3 rings (SSSR count). The van der Waals surface area contributed by atoms with Crippen molar-refractivity contribution in [2.24, 2.45) is 11.8 Å². The molecular formula is C14H16BrNO2. The van der Waals surface area contributed by atoms with E-state index in [0.29, 0.717) is 11.6 Å². The smallest absolute Gasteiger partial charge is 0.337 e. The number of anilines is 1. The highest BCUT2D eigenvalue weighted by Crippen LogP contribution is 2.46. The second-order valence-electron chi connectivity index (χ2n) is 5.34. The molecule has 2 aliphatic rings. The summed E-state index contributed by atoms with van der Waals surface area (Å²) in [6.45, 7) is 0. The first-order valence-electron chi connectivity index (χ1n) is 6.44. The lowest BCUT2D eigenvalue weighted by Gasteiger charge is -2.20. The number of hydrogen-bond donors (Lipinski definition) is 2. The lowest BCUT2D eigenvalue weighted by atomic mass is 10.1. The van der Waals surface area contributed by atoms with Crippen LogP contribution in [0.15, 0.2) is 22.7 Å². The van der Waals surface area contributed by atoms with Gasteiger partial charge in [0, 0.05) is 16.2 Å². The van der Waals surface area contributed by atoms with Crippen molar-refractivity contribution in [2.45, 2.75) is 31.7 Å². The average molecular weight is 310 g/mol. The molecule has 1 aromatic rings. The van der Waals surface area contributed by atoms with Crippen LogP contribution in [0.1, 0.15) is 36.0 Å². The Morgan fingerprint density at radius 2 is 1.89 bits per heavy atom. The molecule has 0 heterocycles. The summed E-state index contributed by atoms with van der Waals surface area (Å²) in [5.41, 5.74) is 1.12. The summed E-state index contributed by atoms with van der Waals surface area (Å²) in [6, 6.07) is 5.91. The summed E-state index contributed by atoms with van der Waals surface area (Å²) in [5, 5.41) is 12.7. The Morgan fingerprint density at radius 3 is 2.39 bits per heavy atom. The number of nitrogens with one attached hydrogen (secondary N) is 1. The Hall–Kier alpha value is -1.03. The van der Waals surface area contributed by atoms with Crippen LogP contribution in [0.4, 0.5) is 5.69 Å². The first-order valence-corrected chi connectivity index (χ1v) is 7.24. The van der Waals surface area contributed by atoms with Crippen LogP contribution in [-0.2, 0) is 0 Å². The van der Waals surface area contributed by atoms with Crippen molar-refractivity contribution in [3.8, 4) is 0 Å². The Morgan fingerprint density at radius 1 is 1.28 bits per heavy atom. The van der Waals surface area contributed by atoms with Crippen LogP contribution < -0.4 is 5.32 Å². The molecule has 2 fully saturated rings. The lowest BCUT2D eigenvalue weighted by Crippen LogP contribution is -2.25. The van der Waals surface area contributed by atoms with Crippen molar-refractivity contribution in [1.82, 2.24) is 0 Å². The Kier molecular flexibility index (Phi) is 3.06. The van der Waals surface area contributed by atoms with Gasteiger partial charge in [-0.1, -0.05) is 15.9 Å². The molecule has 0 atom stereocenters. The molecule has 0 radical (unpaired) electrons. The normalized spacial score (nSPS) is 19.0. The van der Waals surface area contributed by atoms with E-state index in [4.69, 9.17) is 0 Å². The number of aromatic carboxylic acids is 1. The highest BCUT2D eigenvalue weighted by molar-refractivity contribution is 9.10. The van der Waals surface area contributed by atoms with E-state index in [1.54, 1.807) is 6.07 Å². The molecule has 0 unspecified atom stereocenters. The third-order valence-electron chi connectivity index (χ3n) is 3.79. The fourth-order valence-corrected chi connectivity index (χ4v) is 2.89. The van der Waals surface area contributed by atoms with E-state index in [-0.39, 0.29) is 0 Å². The molecule has 0 spiro atoms. The number of carboxylic acid groups (broad SMARTS) is 1. The fourth-order valence-electron chi connectivity index (χ4n) is 2.53. The van der Waals surface area contributed by atoms with Crippen molar-refractivity contribution < 1.29 is 9.90 Å². The van der Waals surface area contributed by atoms with Gasteiger partial charge in [-0.2, -0.15) is 0 Å². The first kappa shape index (κ1) is 12.0. The van der Waals surface area contributed by atoms with E-state index in [0.717, 1.165) is 22.0 Å². The number of carboxylic acids is 1. The SMILES string of the molecule is O=C(O)c1cc(Br)ccc1NC(C1CC1)C1CC1. The molecule has 18 heavy (non-hydrogen) atoms. The maximum Gasteiger partial charge on any atom is 0.337 e. The molecule has 2 N–H and O–H groups in total. The van der Waals surface area contributed by atoms with Gasteiger partial charge in [0.05, 0.1) is 5.56 Å². The zero-order valence-electron chi connectivity index (χ0n) is 10.0. The van der Waals surface area contributed by atoms with E-state index in [1.165, 1.54) is 25.7 Å². The van der Waals surface area contributed by atoms with Crippen molar-refractivity contribution in [1.29, 1.82) is 0 Å². The fraction of sp³-hybridized carbons (Fsp3) is 0.500. The standard InChI is InChI=1S/C14H16BrNO2/c15-10-5-6-12(11(7-10)14(17)18)16-13(8-1-2-8)9-3-4-9/h5-9,13,16H,1-4H2,(H,17,18). The monoisotopic (exact) mass is 309 g/mol. The molecule has 96 valence electrons. The predicted molar refractivity (Wildman–Crippen MR) is 74.0 cm³/mol. The number of rotatable bonds is 5. The van der Waals surface area contributed by atoms with Crippen LogP contribution in [0.3, 0.4) is 0 Å². The topological polar surface area (TPSA) is 49.3 Å². The summed E-state index contributed by atoms with van der Waals surface area (Å²) in [5.74, 6) is 0.634. The zero-order valence-corrected chi connectivity index (χ0v) is 11.6. The Labute approximate surface area is 115 Å². The molecule has 1 aromatic carbocycles. The number of benzene rings is 1. The van der Waals surface area contributed by atoms with Gasteiger partial charge in [-0.25, -0.2) is 4.79 Å². The summed E-state index contributed by atoms with van der Waals surface area (Å²) >= 11 is 3.32. The maximum atomic E-state index is 11.3. The second kappa shape index (κ2) is 4.57. The maximum absolute atomic E-state index is 11.3. The molecule has 3 nitrogen and oxygen atoms in total. The van der Waals surface area contributed by atoms with Gasteiger partial charge in [0.25, 0.3) is 0 Å². The predicted octanol–water partition coefficient (Wildman–Crippen LogP) is 3.75. The largest absolute Gasteiger partial charge is 0.478 e. The molecule has 0 bridgehead atoms. The summed E-state index contributed by atoms with van der Waals surface area (Å²) in [7, 11) is 0. The third-order valence-corrected chi connectivity index (χ3v) is 4.29. The highest BCUT2D eigenvalue weighted by atomic mass is 79.9. The van der Waals surface area contributed by atoms with Crippen LogP contribution in [0.5, 0.6) is 0 Å². The minimum Gasteiger partial charge on any atom is -0.478 e. The van der Waals surface area contributed by atoms with Gasteiger partial charge in [-0.15, -0.1) is 0 Å². The molecule has 0 aromatic heterocycles. The molecular weight excluding hydrogens is 294 g/mol. The lowest BCUT2D eigenvalue weighted by molar-refractivity contribution is 0.0698. The van der Waals surface area contributed by atoms with Gasteiger partial charge < -0.3 is 10.4 Å². The molecule has 2 aliphatic carbocycles. The van der Waals surface area contributed by atoms with Crippen LogP contribution >= 0.6 is 15.9 Å². The van der Waals surface area contributed by atoms with E-state index in [2.05, 4.69) is 21.2 Å². The molecule has 4 heteroatoms. The highest BCUT2D eigenvalue weighted by Gasteiger charge is 2.41. The van der Waals surface area contributed by atoms with Crippen molar-refractivity contribution in [3.05, 3.63) is 28.2 Å². The quantitative estimate of drug-likeness (QED) is 0.871. The van der Waals surface area contributed by atoms with E-state index in [1.807, 2.05) is 12.1 Å². The number of hydrogen-bond acceptors (Lipinski definition) is 2. The Balaban J connectivity index is 1.84. The second-order valence-corrected chi connectivity index (χ2v) is 6.26. The average Bonchev–Trinajstić information content (AvgIpc) is 3.19. The van der Waals surface area contributed by atoms with Gasteiger partial charge in [-0.05, 0) is 55.7 Å². The van der Waals surface area contributed by atoms with Gasteiger partial charge >= 0.3 is 5.97 Å². The van der Waals surface area contributed by atoms with E-state index >= 15 is 0 Å². The summed E-state index contributed by atoms with van der Waals surface area (Å²) < 4.78 is 0.805. The van der Waals surface area contributed by atoms with Gasteiger partial charge in [0.15, 0.2) is 0 Å². The van der Waals surface area contributed by atoms with E-state index < -0.39 is 5.97 Å². The summed E-state index contributed by atoms with van der Waals surface area (Å²) in [6.07, 6.45) is 5.14. The first-order chi connectivity index (χ1) is 8.65. The van der Waals surface area contributed by atoms with Crippen LogP contribution in [-0.4, -0.2) is 17.1 Å². The van der Waals surface area contributed by atoms with E-state index in [9.17, 15) is 9.90 Å². The molecule has 2 saturated carbocycles. The zero-order chi connectivity index (χ0) is 12.7. The van der Waals surface area contributed by atoms with Gasteiger partial charge in [0.2, 0.25) is 0 Å². The van der Waals surface area contributed by atoms with Gasteiger partial charge in [0.1, 0.15) is 0 Å². The summed E-state index contributed by atoms with van der Waals surface area (Å²) in [4.78, 5) is 11.3. The number of carbonyl (C=O) groups is 1. The van der Waals surface area contributed by atoms with Gasteiger partial charge in [-0.3, -0.25) is 0 Å². The van der Waals surface area contributed by atoms with Crippen molar-refractivity contribution in [2.75, 3.05) is 5.32 Å². The van der Waals surface area contributed by atoms with Crippen molar-refractivity contribution >= 4 is 27.6 Å². The Bertz CT molecular complexity index is 469. The van der Waals surface area contributed by atoms with Crippen LogP contribution in [0.2, 0.25) is 0 Å². The third kappa shape index (κ3) is 2.53. The molecule has 0 saturated heterocycles. The molecule has 0 aliphatic heterocycles. The number of halogens is 1. The minimum absolute atomic E-state index is 0.357.